The van der Waals surface area contributed by atoms with Gasteiger partial charge < -0.3 is 4.74 Å². The summed E-state index contributed by atoms with van der Waals surface area (Å²) in [6.07, 6.45) is 1.30. The summed E-state index contributed by atoms with van der Waals surface area (Å²) >= 11 is 0. The molecule has 0 radical (unpaired) electrons. The van der Waals surface area contributed by atoms with Crippen molar-refractivity contribution in [2.75, 3.05) is 0 Å². The Balaban J connectivity index is 2.92. The topological polar surface area (TPSA) is 26.3 Å². The highest BCUT2D eigenvalue weighted by atomic mass is 16.5. The van der Waals surface area contributed by atoms with Gasteiger partial charge in [-0.3, -0.25) is 4.79 Å². The van der Waals surface area contributed by atoms with Crippen LogP contribution < -0.4 is 4.74 Å². The van der Waals surface area contributed by atoms with E-state index in [2.05, 4.69) is 13.8 Å². The van der Waals surface area contributed by atoms with Gasteiger partial charge in [-0.1, -0.05) is 32.9 Å². The summed E-state index contributed by atoms with van der Waals surface area (Å²) in [5.74, 6) is 0.938. The first-order chi connectivity index (χ1) is 7.54. The second kappa shape index (κ2) is 5.69. The molecule has 88 valence electrons. The van der Waals surface area contributed by atoms with Crippen LogP contribution in [-0.2, 0) is 4.79 Å². The zero-order valence-corrected chi connectivity index (χ0v) is 10.5. The number of benzene rings is 1. The molecule has 1 rings (SSSR count). The normalized spacial score (nSPS) is 10.6. The van der Waals surface area contributed by atoms with Crippen molar-refractivity contribution in [2.24, 2.45) is 0 Å². The van der Waals surface area contributed by atoms with E-state index in [4.69, 9.17) is 4.74 Å². The minimum Gasteiger partial charge on any atom is -0.426 e. The predicted molar refractivity (Wildman–Crippen MR) is 65.8 cm³/mol. The SMILES string of the molecule is CCCC(=O)Oc1cc(C)ccc1C(C)C. The van der Waals surface area contributed by atoms with Gasteiger partial charge in [-0.05, 0) is 36.5 Å². The average molecular weight is 220 g/mol. The van der Waals surface area contributed by atoms with E-state index in [1.807, 2.05) is 32.0 Å². The van der Waals surface area contributed by atoms with E-state index >= 15 is 0 Å². The first-order valence-electron chi connectivity index (χ1n) is 5.85. The summed E-state index contributed by atoms with van der Waals surface area (Å²) < 4.78 is 5.39. The Kier molecular flexibility index (Phi) is 4.53. The van der Waals surface area contributed by atoms with Gasteiger partial charge in [0.2, 0.25) is 0 Å². The van der Waals surface area contributed by atoms with Gasteiger partial charge in [-0.15, -0.1) is 0 Å². The molecule has 0 N–H and O–H groups in total. The Hall–Kier alpha value is -1.31. The molecule has 0 aliphatic rings. The summed E-state index contributed by atoms with van der Waals surface area (Å²) in [5.41, 5.74) is 2.21. The number of carbonyl (C=O) groups is 1. The standard InChI is InChI=1S/C14H20O2/c1-5-6-14(15)16-13-9-11(4)7-8-12(13)10(2)3/h7-10H,5-6H2,1-4H3. The Morgan fingerprint density at radius 2 is 2.06 bits per heavy atom. The minimum absolute atomic E-state index is 0.144. The van der Waals surface area contributed by atoms with Gasteiger partial charge >= 0.3 is 5.97 Å². The molecule has 0 atom stereocenters. The first-order valence-corrected chi connectivity index (χ1v) is 5.85. The molecular formula is C14H20O2. The van der Waals surface area contributed by atoms with Crippen LogP contribution in [0.4, 0.5) is 0 Å². The molecule has 0 bridgehead atoms. The number of carbonyl (C=O) groups excluding carboxylic acids is 1. The van der Waals surface area contributed by atoms with E-state index in [-0.39, 0.29) is 5.97 Å². The molecule has 0 fully saturated rings. The van der Waals surface area contributed by atoms with Crippen molar-refractivity contribution < 1.29 is 9.53 Å². The molecule has 2 heteroatoms. The van der Waals surface area contributed by atoms with E-state index in [0.717, 1.165) is 17.5 Å². The van der Waals surface area contributed by atoms with Crippen LogP contribution in [0.15, 0.2) is 18.2 Å². The fourth-order valence-electron chi connectivity index (χ4n) is 1.58. The van der Waals surface area contributed by atoms with Crippen LogP contribution in [0.3, 0.4) is 0 Å². The van der Waals surface area contributed by atoms with Gasteiger partial charge in [0.1, 0.15) is 5.75 Å². The second-order valence-electron chi connectivity index (χ2n) is 4.42. The van der Waals surface area contributed by atoms with E-state index < -0.39 is 0 Å². The van der Waals surface area contributed by atoms with E-state index in [9.17, 15) is 4.79 Å². The molecule has 0 aliphatic carbocycles. The predicted octanol–water partition coefficient (Wildman–Crippen LogP) is 3.82. The van der Waals surface area contributed by atoms with Crippen LogP contribution in [0.5, 0.6) is 5.75 Å². The highest BCUT2D eigenvalue weighted by Crippen LogP contribution is 2.27. The van der Waals surface area contributed by atoms with Crippen molar-refractivity contribution in [1.29, 1.82) is 0 Å². The lowest BCUT2D eigenvalue weighted by Crippen LogP contribution is -2.09. The van der Waals surface area contributed by atoms with Crippen LogP contribution in [-0.4, -0.2) is 5.97 Å². The number of hydrogen-bond donors (Lipinski definition) is 0. The lowest BCUT2D eigenvalue weighted by atomic mass is 10.0. The van der Waals surface area contributed by atoms with Crippen molar-refractivity contribution in [3.8, 4) is 5.75 Å². The Morgan fingerprint density at radius 3 is 2.62 bits per heavy atom. The molecule has 0 aromatic heterocycles. The monoisotopic (exact) mass is 220 g/mol. The maximum Gasteiger partial charge on any atom is 0.311 e. The Morgan fingerprint density at radius 1 is 1.38 bits per heavy atom. The first kappa shape index (κ1) is 12.8. The van der Waals surface area contributed by atoms with Gasteiger partial charge in [0.25, 0.3) is 0 Å². The van der Waals surface area contributed by atoms with Gasteiger partial charge in [0, 0.05) is 6.42 Å². The quantitative estimate of drug-likeness (QED) is 0.569. The maximum absolute atomic E-state index is 11.5. The van der Waals surface area contributed by atoms with Crippen LogP contribution in [0, 0.1) is 6.92 Å². The van der Waals surface area contributed by atoms with Crippen molar-refractivity contribution >= 4 is 5.97 Å². The van der Waals surface area contributed by atoms with Gasteiger partial charge in [0.05, 0.1) is 0 Å². The minimum atomic E-state index is -0.144. The largest absolute Gasteiger partial charge is 0.426 e. The third-order valence-corrected chi connectivity index (χ3v) is 2.47. The number of aryl methyl sites for hydroxylation is 1. The molecule has 1 aromatic carbocycles. The van der Waals surface area contributed by atoms with E-state index in [0.29, 0.717) is 18.1 Å². The summed E-state index contributed by atoms with van der Waals surface area (Å²) in [4.78, 5) is 11.5. The number of esters is 1. The zero-order valence-electron chi connectivity index (χ0n) is 10.5. The summed E-state index contributed by atoms with van der Waals surface area (Å²) in [6, 6.07) is 6.02. The molecule has 0 aliphatic heterocycles. The van der Waals surface area contributed by atoms with Crippen LogP contribution in [0.2, 0.25) is 0 Å². The number of ether oxygens (including phenoxy) is 1. The Bertz CT molecular complexity index is 367. The van der Waals surface area contributed by atoms with Crippen LogP contribution >= 0.6 is 0 Å². The molecule has 2 nitrogen and oxygen atoms in total. The summed E-state index contributed by atoms with van der Waals surface area (Å²) in [5, 5.41) is 0. The van der Waals surface area contributed by atoms with Gasteiger partial charge in [0.15, 0.2) is 0 Å². The Labute approximate surface area is 97.6 Å². The van der Waals surface area contributed by atoms with Crippen molar-refractivity contribution in [1.82, 2.24) is 0 Å². The zero-order chi connectivity index (χ0) is 12.1. The lowest BCUT2D eigenvalue weighted by Gasteiger charge is -2.13. The molecule has 0 heterocycles. The third kappa shape index (κ3) is 3.37. The molecule has 0 amide bonds. The molecule has 0 spiro atoms. The lowest BCUT2D eigenvalue weighted by molar-refractivity contribution is -0.134. The highest BCUT2D eigenvalue weighted by molar-refractivity contribution is 5.72. The smallest absolute Gasteiger partial charge is 0.311 e. The molecule has 0 saturated heterocycles. The fraction of sp³-hybridized carbons (Fsp3) is 0.500. The summed E-state index contributed by atoms with van der Waals surface area (Å²) in [6.45, 7) is 8.17. The van der Waals surface area contributed by atoms with Crippen molar-refractivity contribution in [3.63, 3.8) is 0 Å². The van der Waals surface area contributed by atoms with Crippen LogP contribution in [0.25, 0.3) is 0 Å². The molecule has 1 aromatic rings. The maximum atomic E-state index is 11.5. The van der Waals surface area contributed by atoms with E-state index in [1.165, 1.54) is 0 Å². The molecule has 0 unspecified atom stereocenters. The molecule has 16 heavy (non-hydrogen) atoms. The number of rotatable bonds is 4. The summed E-state index contributed by atoms with van der Waals surface area (Å²) in [7, 11) is 0. The molecule has 0 saturated carbocycles. The van der Waals surface area contributed by atoms with Crippen molar-refractivity contribution in [3.05, 3.63) is 29.3 Å². The number of hydrogen-bond acceptors (Lipinski definition) is 2. The highest BCUT2D eigenvalue weighted by Gasteiger charge is 2.11. The van der Waals surface area contributed by atoms with Gasteiger partial charge in [-0.25, -0.2) is 0 Å². The van der Waals surface area contributed by atoms with Crippen LogP contribution in [0.1, 0.15) is 50.7 Å². The van der Waals surface area contributed by atoms with Crippen molar-refractivity contribution in [2.45, 2.75) is 46.5 Å². The van der Waals surface area contributed by atoms with Gasteiger partial charge in [-0.2, -0.15) is 0 Å². The second-order valence-corrected chi connectivity index (χ2v) is 4.42. The molecular weight excluding hydrogens is 200 g/mol. The fourth-order valence-corrected chi connectivity index (χ4v) is 1.58. The van der Waals surface area contributed by atoms with E-state index in [1.54, 1.807) is 0 Å². The third-order valence-electron chi connectivity index (χ3n) is 2.47. The average Bonchev–Trinajstić information content (AvgIpc) is 2.17.